The van der Waals surface area contributed by atoms with Crippen LogP contribution in [-0.2, 0) is 0 Å². The maximum Gasteiger partial charge on any atom is 0.161 e. The molecule has 2 aliphatic heterocycles. The Balaban J connectivity index is 1.84. The lowest BCUT2D eigenvalue weighted by Gasteiger charge is -2.14. The summed E-state index contributed by atoms with van der Waals surface area (Å²) in [5, 5.41) is 3.95. The van der Waals surface area contributed by atoms with E-state index in [1.807, 2.05) is 17.8 Å². The zero-order valence-electron chi connectivity index (χ0n) is 9.94. The van der Waals surface area contributed by atoms with Gasteiger partial charge in [0, 0.05) is 18.2 Å². The van der Waals surface area contributed by atoms with Gasteiger partial charge in [0.15, 0.2) is 11.5 Å². The van der Waals surface area contributed by atoms with Gasteiger partial charge in [-0.05, 0) is 24.6 Å². The molecule has 0 saturated carbocycles. The third-order valence-electron chi connectivity index (χ3n) is 3.02. The van der Waals surface area contributed by atoms with Gasteiger partial charge in [-0.15, -0.1) is 11.8 Å². The van der Waals surface area contributed by atoms with Gasteiger partial charge in [-0.25, -0.2) is 0 Å². The number of hydrogen-bond donors (Lipinski definition) is 1. The van der Waals surface area contributed by atoms with E-state index >= 15 is 0 Å². The molecule has 1 aromatic carbocycles. The number of nitrogens with one attached hydrogen (secondary N) is 1. The van der Waals surface area contributed by atoms with Gasteiger partial charge in [0.2, 0.25) is 0 Å². The number of hydrogen-bond acceptors (Lipinski definition) is 4. The third kappa shape index (κ3) is 2.38. The second-order valence-corrected chi connectivity index (χ2v) is 5.68. The predicted octanol–water partition coefficient (Wildman–Crippen LogP) is 2.57. The van der Waals surface area contributed by atoms with Crippen molar-refractivity contribution in [3.05, 3.63) is 23.8 Å². The summed E-state index contributed by atoms with van der Waals surface area (Å²) in [7, 11) is 0. The third-order valence-corrected chi connectivity index (χ3v) is 4.46. The highest BCUT2D eigenvalue weighted by molar-refractivity contribution is 7.99. The van der Waals surface area contributed by atoms with E-state index in [-0.39, 0.29) is 0 Å². The number of fused-ring (bicyclic) bond motifs is 1. The molecule has 0 aliphatic carbocycles. The average Bonchev–Trinajstić information content (AvgIpc) is 2.64. The lowest BCUT2D eigenvalue weighted by atomic mass is 10.2. The van der Waals surface area contributed by atoms with Gasteiger partial charge < -0.3 is 9.47 Å². The van der Waals surface area contributed by atoms with Crippen molar-refractivity contribution in [1.29, 1.82) is 0 Å². The van der Waals surface area contributed by atoms with Crippen LogP contribution in [0.4, 0.5) is 0 Å². The fourth-order valence-electron chi connectivity index (χ4n) is 2.13. The van der Waals surface area contributed by atoms with Crippen LogP contribution in [0.2, 0.25) is 0 Å². The van der Waals surface area contributed by atoms with Crippen molar-refractivity contribution in [2.24, 2.45) is 0 Å². The topological polar surface area (TPSA) is 30.5 Å². The number of benzene rings is 1. The molecule has 92 valence electrons. The molecule has 0 bridgehead atoms. The van der Waals surface area contributed by atoms with Crippen LogP contribution in [0.25, 0.3) is 0 Å². The Bertz CT molecular complexity index is 410. The summed E-state index contributed by atoms with van der Waals surface area (Å²) >= 11 is 1.95. The lowest BCUT2D eigenvalue weighted by molar-refractivity contribution is 0.297. The minimum Gasteiger partial charge on any atom is -0.490 e. The summed E-state index contributed by atoms with van der Waals surface area (Å²) in [6, 6.07) is 6.86. The van der Waals surface area contributed by atoms with Gasteiger partial charge >= 0.3 is 0 Å². The molecule has 0 radical (unpaired) electrons. The number of thioether (sulfide) groups is 1. The Kier molecular flexibility index (Phi) is 3.16. The van der Waals surface area contributed by atoms with Crippen LogP contribution >= 0.6 is 11.8 Å². The SMILES string of the molecule is CC1CSC(c2ccc3c(c2)OCCCO3)N1. The molecule has 2 aliphatic rings. The van der Waals surface area contributed by atoms with E-state index < -0.39 is 0 Å². The molecule has 2 atom stereocenters. The smallest absolute Gasteiger partial charge is 0.161 e. The monoisotopic (exact) mass is 251 g/mol. The molecule has 2 unspecified atom stereocenters. The molecule has 3 nitrogen and oxygen atoms in total. The van der Waals surface area contributed by atoms with Gasteiger partial charge in [-0.3, -0.25) is 5.32 Å². The van der Waals surface area contributed by atoms with E-state index in [2.05, 4.69) is 24.4 Å². The highest BCUT2D eigenvalue weighted by atomic mass is 32.2. The molecule has 0 aromatic heterocycles. The van der Waals surface area contributed by atoms with Crippen molar-refractivity contribution in [2.75, 3.05) is 19.0 Å². The molecule has 2 heterocycles. The minimum absolute atomic E-state index is 0.391. The number of ether oxygens (including phenoxy) is 2. The summed E-state index contributed by atoms with van der Waals surface area (Å²) in [6.07, 6.45) is 0.956. The molecule has 1 aromatic rings. The van der Waals surface area contributed by atoms with Gasteiger partial charge in [-0.2, -0.15) is 0 Å². The Labute approximate surface area is 106 Å². The summed E-state index contributed by atoms with van der Waals surface area (Å²) in [4.78, 5) is 0. The van der Waals surface area contributed by atoms with Crippen molar-refractivity contribution in [3.8, 4) is 11.5 Å². The lowest BCUT2D eigenvalue weighted by Crippen LogP contribution is -2.21. The quantitative estimate of drug-likeness (QED) is 0.831. The van der Waals surface area contributed by atoms with Crippen molar-refractivity contribution in [2.45, 2.75) is 24.8 Å². The number of rotatable bonds is 1. The minimum atomic E-state index is 0.391. The highest BCUT2D eigenvalue weighted by Gasteiger charge is 2.23. The second kappa shape index (κ2) is 4.78. The summed E-state index contributed by atoms with van der Waals surface area (Å²) in [6.45, 7) is 3.72. The normalized spacial score (nSPS) is 27.8. The molecule has 1 saturated heterocycles. The molecule has 17 heavy (non-hydrogen) atoms. The van der Waals surface area contributed by atoms with Gasteiger partial charge in [0.25, 0.3) is 0 Å². The molecule has 0 spiro atoms. The summed E-state index contributed by atoms with van der Waals surface area (Å²) in [5.41, 5.74) is 1.28. The predicted molar refractivity (Wildman–Crippen MR) is 69.8 cm³/mol. The van der Waals surface area contributed by atoms with E-state index in [4.69, 9.17) is 9.47 Å². The zero-order valence-corrected chi connectivity index (χ0v) is 10.8. The first-order valence-corrected chi connectivity index (χ1v) is 7.15. The van der Waals surface area contributed by atoms with E-state index in [1.54, 1.807) is 0 Å². The van der Waals surface area contributed by atoms with E-state index in [0.717, 1.165) is 31.1 Å². The van der Waals surface area contributed by atoms with E-state index in [0.29, 0.717) is 11.4 Å². The van der Waals surface area contributed by atoms with Crippen LogP contribution in [0, 0.1) is 0 Å². The first kappa shape index (κ1) is 11.2. The molecular formula is C13H17NO2S. The Morgan fingerprint density at radius 1 is 1.24 bits per heavy atom. The molecule has 3 rings (SSSR count). The second-order valence-electron chi connectivity index (χ2n) is 4.54. The Morgan fingerprint density at radius 3 is 2.82 bits per heavy atom. The van der Waals surface area contributed by atoms with Crippen molar-refractivity contribution < 1.29 is 9.47 Å². The van der Waals surface area contributed by atoms with Crippen LogP contribution in [-0.4, -0.2) is 25.0 Å². The van der Waals surface area contributed by atoms with Crippen molar-refractivity contribution >= 4 is 11.8 Å². The average molecular weight is 251 g/mol. The fraction of sp³-hybridized carbons (Fsp3) is 0.538. The maximum absolute atomic E-state index is 5.71. The standard InChI is InChI=1S/C13H17NO2S/c1-9-8-17-13(14-9)10-3-4-11-12(7-10)16-6-2-5-15-11/h3-4,7,9,13-14H,2,5-6,8H2,1H3. The van der Waals surface area contributed by atoms with Crippen molar-refractivity contribution in [3.63, 3.8) is 0 Å². The van der Waals surface area contributed by atoms with Crippen molar-refractivity contribution in [1.82, 2.24) is 5.32 Å². The molecule has 4 heteroatoms. The van der Waals surface area contributed by atoms with Gasteiger partial charge in [0.05, 0.1) is 18.6 Å². The fourth-order valence-corrected chi connectivity index (χ4v) is 3.38. The van der Waals surface area contributed by atoms with Gasteiger partial charge in [0.1, 0.15) is 0 Å². The molecule has 1 fully saturated rings. The van der Waals surface area contributed by atoms with Gasteiger partial charge in [-0.1, -0.05) is 6.07 Å². The van der Waals surface area contributed by atoms with Crippen LogP contribution in [0.1, 0.15) is 24.3 Å². The van der Waals surface area contributed by atoms with Crippen LogP contribution < -0.4 is 14.8 Å². The Hall–Kier alpha value is -0.870. The van der Waals surface area contributed by atoms with Crippen LogP contribution in [0.15, 0.2) is 18.2 Å². The first-order chi connectivity index (χ1) is 8.33. The molecule has 1 N–H and O–H groups in total. The first-order valence-electron chi connectivity index (χ1n) is 6.10. The summed E-state index contributed by atoms with van der Waals surface area (Å²) < 4.78 is 11.3. The zero-order chi connectivity index (χ0) is 11.7. The highest BCUT2D eigenvalue weighted by Crippen LogP contribution is 2.38. The van der Waals surface area contributed by atoms with Crippen LogP contribution in [0.5, 0.6) is 11.5 Å². The van der Waals surface area contributed by atoms with Crippen LogP contribution in [0.3, 0.4) is 0 Å². The molecule has 0 amide bonds. The Morgan fingerprint density at radius 2 is 2.06 bits per heavy atom. The largest absolute Gasteiger partial charge is 0.490 e. The van der Waals surface area contributed by atoms with E-state index in [1.165, 1.54) is 11.3 Å². The van der Waals surface area contributed by atoms with E-state index in [9.17, 15) is 0 Å². The molecular weight excluding hydrogens is 234 g/mol. The summed E-state index contributed by atoms with van der Waals surface area (Å²) in [5.74, 6) is 2.93. The maximum atomic E-state index is 5.71.